The number of hydrogen-bond acceptors (Lipinski definition) is 8. The molecule has 0 fully saturated rings. The average molecular weight is 603 g/mol. The van der Waals surface area contributed by atoms with Gasteiger partial charge in [-0.05, 0) is 45.0 Å². The second-order valence-electron chi connectivity index (χ2n) is 10.6. The Hall–Kier alpha value is -3.57. The number of rotatable bonds is 9. The normalized spacial score (nSPS) is 13.5. The second-order valence-corrected chi connectivity index (χ2v) is 11.4. The van der Waals surface area contributed by atoms with Gasteiger partial charge in [-0.2, -0.15) is 5.10 Å². The lowest BCUT2D eigenvalue weighted by molar-refractivity contribution is 0.0646. The first-order valence-corrected chi connectivity index (χ1v) is 13.6. The number of nitrogens with one attached hydrogen (secondary N) is 2. The van der Waals surface area contributed by atoms with E-state index in [0.29, 0.717) is 55.2 Å². The summed E-state index contributed by atoms with van der Waals surface area (Å²) >= 11 is 12.7. The van der Waals surface area contributed by atoms with E-state index in [0.717, 1.165) is 6.21 Å². The van der Waals surface area contributed by atoms with Crippen LogP contribution in [0.1, 0.15) is 42.4 Å². The van der Waals surface area contributed by atoms with Gasteiger partial charge in [-0.3, -0.25) is 4.79 Å². The predicted octanol–water partition coefficient (Wildman–Crippen LogP) is 4.55. The molecule has 1 atom stereocenters. The number of methoxy groups -OCH3 is 1. The maximum atomic E-state index is 13.7. The van der Waals surface area contributed by atoms with Crippen LogP contribution in [0.4, 0.5) is 0 Å². The average Bonchev–Trinajstić information content (AvgIpc) is 3.33. The largest absolute Gasteiger partial charge is 0.496 e. The van der Waals surface area contributed by atoms with E-state index in [1.54, 1.807) is 53.2 Å². The van der Waals surface area contributed by atoms with Crippen molar-refractivity contribution in [1.29, 1.82) is 5.41 Å². The van der Waals surface area contributed by atoms with Gasteiger partial charge in [-0.1, -0.05) is 23.2 Å². The summed E-state index contributed by atoms with van der Waals surface area (Å²) < 4.78 is 13.4. The van der Waals surface area contributed by atoms with E-state index in [4.69, 9.17) is 48.3 Å². The van der Waals surface area contributed by atoms with E-state index < -0.39 is 18.2 Å². The van der Waals surface area contributed by atoms with Gasteiger partial charge in [0.2, 0.25) is 0 Å². The van der Waals surface area contributed by atoms with Crippen molar-refractivity contribution in [3.05, 3.63) is 63.4 Å². The minimum atomic E-state index is -0.958. The Kier molecular flexibility index (Phi) is 8.98. The van der Waals surface area contributed by atoms with E-state index in [2.05, 4.69) is 5.32 Å². The van der Waals surface area contributed by atoms with Gasteiger partial charge in [-0.25, -0.2) is 4.68 Å². The Labute approximate surface area is 248 Å². The molecule has 1 aromatic heterocycles. The number of ether oxygens (including phenoxy) is 2. The Morgan fingerprint density at radius 2 is 1.95 bits per heavy atom. The molecule has 41 heavy (non-hydrogen) atoms. The Morgan fingerprint density at radius 1 is 1.27 bits per heavy atom. The van der Waals surface area contributed by atoms with Crippen molar-refractivity contribution in [2.24, 2.45) is 0 Å². The van der Waals surface area contributed by atoms with Crippen LogP contribution in [0.3, 0.4) is 0 Å². The number of allylic oxidation sites excluding steroid dienone is 1. The second kappa shape index (κ2) is 12.1. The molecule has 2 heterocycles. The smallest absolute Gasteiger partial charge is 0.274 e. The molecular formula is C29H33Cl2N5O5. The highest BCUT2D eigenvalue weighted by Gasteiger charge is 2.34. The number of carbonyl (C=O) groups is 1. The molecule has 1 aliphatic heterocycles. The zero-order valence-electron chi connectivity index (χ0n) is 23.5. The Balaban J connectivity index is 1.96. The highest BCUT2D eigenvalue weighted by Crippen LogP contribution is 2.45. The number of carbonyl (C=O) groups excluding carboxylic acids is 1. The topological polar surface area (TPSA) is 133 Å². The summed E-state index contributed by atoms with van der Waals surface area (Å²) in [5, 5.41) is 35.4. The molecule has 0 bridgehead atoms. The molecule has 0 radical (unpaired) electrons. The minimum Gasteiger partial charge on any atom is -0.496 e. The SMILES string of the molecule is COc1cc2c(cc1/C(C=N)=C/NCC(O)CO)-c1c(c(C(=O)N(C)C(C)(C)C)nn1-c1cc(Cl)cc(Cl)c1)CO2. The van der Waals surface area contributed by atoms with Crippen LogP contribution in [0.15, 0.2) is 36.5 Å². The number of nitrogens with zero attached hydrogens (tertiary/aromatic N) is 3. The zero-order chi connectivity index (χ0) is 30.1. The van der Waals surface area contributed by atoms with Crippen molar-refractivity contribution >= 4 is 40.9 Å². The number of aromatic nitrogens is 2. The van der Waals surface area contributed by atoms with Crippen molar-refractivity contribution in [2.45, 2.75) is 39.0 Å². The third-order valence-electron chi connectivity index (χ3n) is 6.81. The number of aliphatic hydroxyl groups excluding tert-OH is 2. The van der Waals surface area contributed by atoms with Crippen molar-refractivity contribution < 1.29 is 24.5 Å². The molecule has 4 N–H and O–H groups in total. The van der Waals surface area contributed by atoms with Crippen molar-refractivity contribution in [3.8, 4) is 28.4 Å². The van der Waals surface area contributed by atoms with Crippen LogP contribution >= 0.6 is 23.2 Å². The van der Waals surface area contributed by atoms with Gasteiger partial charge >= 0.3 is 0 Å². The summed E-state index contributed by atoms with van der Waals surface area (Å²) in [5.41, 5.74) is 3.17. The third-order valence-corrected chi connectivity index (χ3v) is 7.24. The molecule has 218 valence electrons. The lowest BCUT2D eigenvalue weighted by Crippen LogP contribution is -2.43. The first kappa shape index (κ1) is 30.4. The molecule has 1 aliphatic rings. The van der Waals surface area contributed by atoms with Gasteiger partial charge in [0, 0.05) is 69.9 Å². The fourth-order valence-electron chi connectivity index (χ4n) is 4.32. The Morgan fingerprint density at radius 3 is 2.54 bits per heavy atom. The number of amides is 1. The van der Waals surface area contributed by atoms with Crippen LogP contribution in [0.2, 0.25) is 10.0 Å². The lowest BCUT2D eigenvalue weighted by Gasteiger charge is -2.31. The molecule has 4 rings (SSSR count). The van der Waals surface area contributed by atoms with Crippen molar-refractivity contribution in [1.82, 2.24) is 20.0 Å². The highest BCUT2D eigenvalue weighted by atomic mass is 35.5. The van der Waals surface area contributed by atoms with E-state index >= 15 is 0 Å². The van der Waals surface area contributed by atoms with Gasteiger partial charge < -0.3 is 35.3 Å². The molecule has 0 spiro atoms. The number of fused-ring (bicyclic) bond motifs is 3. The first-order valence-electron chi connectivity index (χ1n) is 12.8. The van der Waals surface area contributed by atoms with E-state index in [-0.39, 0.29) is 24.8 Å². The molecule has 1 amide bonds. The number of benzene rings is 2. The van der Waals surface area contributed by atoms with E-state index in [9.17, 15) is 9.90 Å². The summed E-state index contributed by atoms with van der Waals surface area (Å²) in [6.45, 7) is 5.60. The summed E-state index contributed by atoms with van der Waals surface area (Å²) in [7, 11) is 3.24. The fraction of sp³-hybridized carbons (Fsp3) is 0.345. The Bertz CT molecular complexity index is 1490. The van der Waals surface area contributed by atoms with E-state index in [1.807, 2.05) is 20.8 Å². The van der Waals surface area contributed by atoms with Crippen molar-refractivity contribution in [3.63, 3.8) is 0 Å². The molecule has 3 aromatic rings. The molecule has 12 heteroatoms. The van der Waals surface area contributed by atoms with Gasteiger partial charge in [0.15, 0.2) is 5.69 Å². The summed E-state index contributed by atoms with van der Waals surface area (Å²) in [4.78, 5) is 15.3. The maximum Gasteiger partial charge on any atom is 0.274 e. The van der Waals surface area contributed by atoms with Gasteiger partial charge in [-0.15, -0.1) is 0 Å². The standard InChI is InChI=1S/C29H33Cl2N5O5/c1-29(2,3)35(4)28(39)26-23-15-41-25-10-24(40-5)21(16(11-32)12-33-13-20(38)14-37)9-22(25)27(23)36(34-26)19-7-17(30)6-18(31)8-19/h6-12,20,32-33,37-38H,13-15H2,1-5H3/b16-12+,32-11?. The van der Waals surface area contributed by atoms with Crippen LogP contribution < -0.4 is 14.8 Å². The quantitative estimate of drug-likeness (QED) is 0.264. The van der Waals surface area contributed by atoms with Crippen LogP contribution in [0.5, 0.6) is 11.5 Å². The lowest BCUT2D eigenvalue weighted by atomic mass is 9.96. The van der Waals surface area contributed by atoms with E-state index in [1.165, 1.54) is 7.11 Å². The van der Waals surface area contributed by atoms with Crippen LogP contribution in [0.25, 0.3) is 22.5 Å². The number of hydrogen-bond donors (Lipinski definition) is 4. The molecule has 0 aliphatic carbocycles. The molecule has 1 unspecified atom stereocenters. The number of halogens is 2. The summed E-state index contributed by atoms with van der Waals surface area (Å²) in [6, 6.07) is 8.56. The summed E-state index contributed by atoms with van der Waals surface area (Å²) in [5.74, 6) is 0.684. The molecule has 10 nitrogen and oxygen atoms in total. The van der Waals surface area contributed by atoms with Gasteiger partial charge in [0.25, 0.3) is 5.91 Å². The monoisotopic (exact) mass is 601 g/mol. The summed E-state index contributed by atoms with van der Waals surface area (Å²) in [6.07, 6.45) is 1.75. The minimum absolute atomic E-state index is 0.0867. The maximum absolute atomic E-state index is 13.7. The van der Waals surface area contributed by atoms with Gasteiger partial charge in [0.1, 0.15) is 18.1 Å². The zero-order valence-corrected chi connectivity index (χ0v) is 25.0. The fourth-order valence-corrected chi connectivity index (χ4v) is 4.84. The molecule has 0 saturated heterocycles. The third kappa shape index (κ3) is 6.20. The van der Waals surface area contributed by atoms with Crippen LogP contribution in [-0.2, 0) is 6.61 Å². The van der Waals surface area contributed by atoms with Gasteiger partial charge in [0.05, 0.1) is 31.2 Å². The van der Waals surface area contributed by atoms with Crippen LogP contribution in [0, 0.1) is 5.41 Å². The predicted molar refractivity (Wildman–Crippen MR) is 160 cm³/mol. The first-order chi connectivity index (χ1) is 19.4. The van der Waals surface area contributed by atoms with Crippen LogP contribution in [-0.4, -0.2) is 76.0 Å². The number of aliphatic hydroxyl groups is 2. The van der Waals surface area contributed by atoms with Crippen molar-refractivity contribution in [2.75, 3.05) is 27.3 Å². The molecule has 0 saturated carbocycles. The molecule has 2 aromatic carbocycles. The highest BCUT2D eigenvalue weighted by molar-refractivity contribution is 6.34. The molecular weight excluding hydrogens is 569 g/mol.